The Morgan fingerprint density at radius 3 is 2.26 bits per heavy atom. The lowest BCUT2D eigenvalue weighted by molar-refractivity contribution is 0.319. The molecule has 1 aromatic heterocycles. The van der Waals surface area contributed by atoms with Crippen LogP contribution in [0.5, 0.6) is 0 Å². The average Bonchev–Trinajstić information content (AvgIpc) is 3.13. The largest absolute Gasteiger partial charge is 0.340 e. The summed E-state index contributed by atoms with van der Waals surface area (Å²) >= 11 is 0. The van der Waals surface area contributed by atoms with Gasteiger partial charge in [0.2, 0.25) is 10.0 Å². The minimum absolute atomic E-state index is 0.0445. The normalized spacial score (nSPS) is 15.7. The van der Waals surface area contributed by atoms with Crippen LogP contribution < -0.4 is 0 Å². The molecule has 5 rings (SSSR count). The van der Waals surface area contributed by atoms with Gasteiger partial charge in [0.1, 0.15) is 11.6 Å². The van der Waals surface area contributed by atoms with Crippen LogP contribution in [0.15, 0.2) is 71.6 Å². The van der Waals surface area contributed by atoms with E-state index in [1.165, 1.54) is 39.5 Å². The number of aromatic nitrogens is 1. The summed E-state index contributed by atoms with van der Waals surface area (Å²) in [6, 6.07) is 18.7. The summed E-state index contributed by atoms with van der Waals surface area (Å²) in [6.45, 7) is 5.22. The summed E-state index contributed by atoms with van der Waals surface area (Å²) in [5.41, 5.74) is 5.09. The van der Waals surface area contributed by atoms with Crippen molar-refractivity contribution >= 4 is 20.9 Å². The minimum Gasteiger partial charge on any atom is -0.340 e. The number of benzene rings is 3. The van der Waals surface area contributed by atoms with E-state index in [9.17, 15) is 17.2 Å². The molecule has 2 heterocycles. The lowest BCUT2D eigenvalue weighted by atomic mass is 9.88. The summed E-state index contributed by atoms with van der Waals surface area (Å²) in [5.74, 6) is -0.582. The fourth-order valence-corrected chi connectivity index (χ4v) is 7.03. The van der Waals surface area contributed by atoms with Crippen molar-refractivity contribution in [2.75, 3.05) is 13.1 Å². The first-order valence-corrected chi connectivity index (χ1v) is 13.3. The number of hydrogen-bond donors (Lipinski definition) is 0. The molecule has 0 aliphatic carbocycles. The van der Waals surface area contributed by atoms with E-state index >= 15 is 0 Å². The van der Waals surface area contributed by atoms with E-state index in [2.05, 4.69) is 23.6 Å². The maximum Gasteiger partial charge on any atom is 0.243 e. The molecule has 7 heteroatoms. The van der Waals surface area contributed by atoms with Crippen LogP contribution in [0, 0.1) is 25.5 Å². The Morgan fingerprint density at radius 1 is 0.886 bits per heavy atom. The molecule has 1 aliphatic heterocycles. The van der Waals surface area contributed by atoms with Crippen molar-refractivity contribution in [3.05, 3.63) is 101 Å². The van der Waals surface area contributed by atoms with Crippen molar-refractivity contribution < 1.29 is 17.2 Å². The first-order valence-electron chi connectivity index (χ1n) is 11.8. The number of piperidine rings is 1. The third kappa shape index (κ3) is 4.39. The van der Waals surface area contributed by atoms with Gasteiger partial charge in [-0.25, -0.2) is 17.2 Å². The van der Waals surface area contributed by atoms with Gasteiger partial charge in [0.05, 0.1) is 4.90 Å². The van der Waals surface area contributed by atoms with Crippen LogP contribution in [0.1, 0.15) is 41.1 Å². The molecule has 0 atom stereocenters. The summed E-state index contributed by atoms with van der Waals surface area (Å²) in [4.78, 5) is 0.0445. The molecule has 0 radical (unpaired) electrons. The molecule has 0 saturated carbocycles. The van der Waals surface area contributed by atoms with E-state index in [1.807, 2.05) is 12.1 Å². The van der Waals surface area contributed by atoms with Crippen LogP contribution in [0.3, 0.4) is 0 Å². The molecule has 4 nitrogen and oxygen atoms in total. The molecular formula is C28H28F2N2O2S. The second kappa shape index (κ2) is 9.21. The maximum absolute atomic E-state index is 13.8. The molecule has 0 unspecified atom stereocenters. The van der Waals surface area contributed by atoms with E-state index in [-0.39, 0.29) is 16.6 Å². The highest BCUT2D eigenvalue weighted by Gasteiger charge is 2.33. The zero-order chi connectivity index (χ0) is 24.7. The number of aryl methyl sites for hydroxylation is 1. The molecule has 35 heavy (non-hydrogen) atoms. The van der Waals surface area contributed by atoms with Gasteiger partial charge in [-0.15, -0.1) is 0 Å². The van der Waals surface area contributed by atoms with Gasteiger partial charge in [-0.05, 0) is 79.6 Å². The standard InChI is InChI=1S/C28H28F2N2O2S/c1-19-7-10-24(30)17-27(19)35(33,34)31-15-13-22(14-16-31)28-20(2)32(26-6-4-3-5-25(26)28)18-21-8-11-23(29)12-9-21/h3-12,17,22H,13-16,18H2,1-2H3. The van der Waals surface area contributed by atoms with Crippen LogP contribution in [0.2, 0.25) is 0 Å². The smallest absolute Gasteiger partial charge is 0.243 e. The molecular weight excluding hydrogens is 466 g/mol. The van der Waals surface area contributed by atoms with Crippen molar-refractivity contribution in [2.24, 2.45) is 0 Å². The van der Waals surface area contributed by atoms with Crippen molar-refractivity contribution in [3.8, 4) is 0 Å². The molecule has 0 amide bonds. The van der Waals surface area contributed by atoms with Crippen molar-refractivity contribution in [3.63, 3.8) is 0 Å². The van der Waals surface area contributed by atoms with Crippen LogP contribution >= 0.6 is 0 Å². The van der Waals surface area contributed by atoms with Gasteiger partial charge in [0.15, 0.2) is 0 Å². The van der Waals surface area contributed by atoms with Gasteiger partial charge in [-0.2, -0.15) is 4.31 Å². The summed E-state index contributed by atoms with van der Waals surface area (Å²) in [6.07, 6.45) is 1.39. The molecule has 182 valence electrons. The van der Waals surface area contributed by atoms with Gasteiger partial charge in [0.25, 0.3) is 0 Å². The second-order valence-electron chi connectivity index (χ2n) is 9.32. The number of hydrogen-bond acceptors (Lipinski definition) is 2. The summed E-state index contributed by atoms with van der Waals surface area (Å²) in [5, 5.41) is 1.18. The summed E-state index contributed by atoms with van der Waals surface area (Å²) in [7, 11) is -3.75. The van der Waals surface area contributed by atoms with Gasteiger partial charge >= 0.3 is 0 Å². The van der Waals surface area contributed by atoms with Crippen molar-refractivity contribution in [1.82, 2.24) is 8.87 Å². The van der Waals surface area contributed by atoms with E-state index in [0.29, 0.717) is 38.0 Å². The van der Waals surface area contributed by atoms with Crippen LogP contribution in [0.25, 0.3) is 10.9 Å². The second-order valence-corrected chi connectivity index (χ2v) is 11.2. The molecule has 0 spiro atoms. The topological polar surface area (TPSA) is 42.3 Å². The Morgan fingerprint density at radius 2 is 1.54 bits per heavy atom. The third-order valence-corrected chi connectivity index (χ3v) is 9.20. The average molecular weight is 495 g/mol. The maximum atomic E-state index is 13.8. The fourth-order valence-electron chi connectivity index (χ4n) is 5.32. The number of nitrogens with zero attached hydrogens (tertiary/aromatic N) is 2. The molecule has 4 aromatic rings. The predicted molar refractivity (Wildman–Crippen MR) is 134 cm³/mol. The lowest BCUT2D eigenvalue weighted by Crippen LogP contribution is -2.38. The Bertz CT molecular complexity index is 1490. The number of sulfonamides is 1. The highest BCUT2D eigenvalue weighted by molar-refractivity contribution is 7.89. The number of para-hydroxylation sites is 1. The molecule has 1 aliphatic rings. The van der Waals surface area contributed by atoms with Crippen molar-refractivity contribution in [1.29, 1.82) is 0 Å². The third-order valence-electron chi connectivity index (χ3n) is 7.16. The monoisotopic (exact) mass is 494 g/mol. The minimum atomic E-state index is -3.75. The number of rotatable bonds is 5. The van der Waals surface area contributed by atoms with Crippen LogP contribution in [-0.4, -0.2) is 30.4 Å². The van der Waals surface area contributed by atoms with E-state index in [0.717, 1.165) is 22.8 Å². The fraction of sp³-hybridized carbons (Fsp3) is 0.286. The van der Waals surface area contributed by atoms with Crippen molar-refractivity contribution in [2.45, 2.75) is 44.0 Å². The molecule has 1 fully saturated rings. The first-order chi connectivity index (χ1) is 16.8. The SMILES string of the molecule is Cc1ccc(F)cc1S(=O)(=O)N1CCC(c2c(C)n(Cc3ccc(F)cc3)c3ccccc23)CC1. The lowest BCUT2D eigenvalue weighted by Gasteiger charge is -2.32. The quantitative estimate of drug-likeness (QED) is 0.334. The zero-order valence-corrected chi connectivity index (χ0v) is 20.7. The number of halogens is 2. The van der Waals surface area contributed by atoms with E-state index in [1.54, 1.807) is 19.1 Å². The number of fused-ring (bicyclic) bond motifs is 1. The molecule has 0 bridgehead atoms. The molecule has 3 aromatic carbocycles. The van der Waals surface area contributed by atoms with E-state index in [4.69, 9.17) is 0 Å². The molecule has 0 N–H and O–H groups in total. The highest BCUT2D eigenvalue weighted by atomic mass is 32.2. The summed E-state index contributed by atoms with van der Waals surface area (Å²) < 4.78 is 57.4. The van der Waals surface area contributed by atoms with Gasteiger partial charge in [-0.1, -0.05) is 36.4 Å². The zero-order valence-electron chi connectivity index (χ0n) is 19.8. The Hall–Kier alpha value is -3.03. The Labute approximate surface area is 204 Å². The van der Waals surface area contributed by atoms with Gasteiger partial charge in [-0.3, -0.25) is 0 Å². The van der Waals surface area contributed by atoms with Crippen LogP contribution in [-0.2, 0) is 16.6 Å². The first kappa shape index (κ1) is 23.7. The van der Waals surface area contributed by atoms with Crippen LogP contribution in [0.4, 0.5) is 8.78 Å². The van der Waals surface area contributed by atoms with Gasteiger partial charge in [0, 0.05) is 36.2 Å². The Balaban J connectivity index is 1.43. The van der Waals surface area contributed by atoms with Gasteiger partial charge < -0.3 is 4.57 Å². The predicted octanol–water partition coefficient (Wildman–Crippen LogP) is 6.15. The van der Waals surface area contributed by atoms with E-state index < -0.39 is 15.8 Å². The molecule has 1 saturated heterocycles. The Kier molecular flexibility index (Phi) is 6.23. The highest BCUT2D eigenvalue weighted by Crippen LogP contribution is 2.39.